The molecule has 1 aliphatic rings. The number of aromatic nitrogens is 2. The van der Waals surface area contributed by atoms with Crippen LogP contribution in [0.4, 0.5) is 0 Å². The molecule has 0 atom stereocenters. The van der Waals surface area contributed by atoms with Gasteiger partial charge in [0.25, 0.3) is 0 Å². The average molecular weight is 227 g/mol. The summed E-state index contributed by atoms with van der Waals surface area (Å²) in [7, 11) is 0. The molecule has 2 aromatic heterocycles. The Balaban J connectivity index is 2.32. The van der Waals surface area contributed by atoms with Crippen LogP contribution in [-0.4, -0.2) is 25.4 Å². The monoisotopic (exact) mass is 228 g/mol. The first-order valence-electron chi connectivity index (χ1n) is 4.10. The Morgan fingerprint density at radius 1 is 0.846 bits per heavy atom. The molecule has 0 amide bonds. The molecule has 3 rings (SSSR count). The third-order valence-corrected chi connectivity index (χ3v) is 5.00. The Morgan fingerprint density at radius 2 is 1.38 bits per heavy atom. The van der Waals surface area contributed by atoms with E-state index < -0.39 is 0 Å². The Hall–Kier alpha value is -1.16. The zero-order valence-electron chi connectivity index (χ0n) is 6.86. The maximum absolute atomic E-state index is 4.15. The van der Waals surface area contributed by atoms with Crippen molar-refractivity contribution in [3.63, 3.8) is 0 Å². The van der Waals surface area contributed by atoms with E-state index in [1.54, 1.807) is 0 Å². The van der Waals surface area contributed by atoms with Gasteiger partial charge >= 0.3 is 82.2 Å². The van der Waals surface area contributed by atoms with E-state index in [4.69, 9.17) is 0 Å². The number of rotatable bonds is 0. The van der Waals surface area contributed by atoms with Gasteiger partial charge in [0, 0.05) is 0 Å². The van der Waals surface area contributed by atoms with Crippen LogP contribution in [0.3, 0.4) is 0 Å². The molecule has 3 heterocycles. The molecule has 2 nitrogen and oxygen atoms in total. The van der Waals surface area contributed by atoms with Crippen LogP contribution in [0, 0.1) is 0 Å². The summed E-state index contributed by atoms with van der Waals surface area (Å²) in [6, 6.07) is 4.20. The summed E-state index contributed by atoms with van der Waals surface area (Å²) < 4.78 is 2.87. The van der Waals surface area contributed by atoms with Gasteiger partial charge in [-0.1, -0.05) is 0 Å². The van der Waals surface area contributed by atoms with Crippen molar-refractivity contribution in [2.75, 3.05) is 0 Å². The Morgan fingerprint density at radius 3 is 1.92 bits per heavy atom. The van der Waals surface area contributed by atoms with Crippen LogP contribution in [-0.2, 0) is 0 Å². The molecule has 2 radical (unpaired) electrons. The minimum absolute atomic E-state index is 0.159. The summed E-state index contributed by atoms with van der Waals surface area (Å²) >= 11 is -0.159. The van der Waals surface area contributed by atoms with E-state index in [0.717, 1.165) is 0 Å². The number of fused-ring (bicyclic) bond motifs is 3. The van der Waals surface area contributed by atoms with Gasteiger partial charge in [-0.25, -0.2) is 0 Å². The number of hydrogen-bond acceptors (Lipinski definition) is 2. The van der Waals surface area contributed by atoms with Gasteiger partial charge in [0.05, 0.1) is 0 Å². The molecule has 0 aromatic carbocycles. The first-order valence-corrected chi connectivity index (χ1v) is 6.20. The van der Waals surface area contributed by atoms with E-state index in [9.17, 15) is 0 Å². The van der Waals surface area contributed by atoms with Crippen LogP contribution < -0.4 is 8.79 Å². The van der Waals surface area contributed by atoms with Crippen molar-refractivity contribution in [2.45, 2.75) is 0 Å². The van der Waals surface area contributed by atoms with Gasteiger partial charge in [0.1, 0.15) is 0 Å². The molecule has 0 spiro atoms. The second-order valence-corrected chi connectivity index (χ2v) is 5.75. The zero-order valence-corrected chi connectivity index (χ0v) is 8.96. The molecule has 0 bridgehead atoms. The van der Waals surface area contributed by atoms with Crippen LogP contribution in [0.2, 0.25) is 0 Å². The van der Waals surface area contributed by atoms with Crippen molar-refractivity contribution in [3.05, 3.63) is 36.9 Å². The second kappa shape index (κ2) is 2.67. The number of nitrogens with zero attached hydrogens (tertiary/aromatic N) is 2. The fourth-order valence-electron chi connectivity index (χ4n) is 1.60. The van der Waals surface area contributed by atoms with Crippen LogP contribution in [0.1, 0.15) is 0 Å². The van der Waals surface area contributed by atoms with Gasteiger partial charge in [-0.15, -0.1) is 0 Å². The third-order valence-electron chi connectivity index (χ3n) is 2.20. The molecule has 13 heavy (non-hydrogen) atoms. The molecule has 0 N–H and O–H groups in total. The molecule has 1 aliphatic heterocycles. The van der Waals surface area contributed by atoms with Gasteiger partial charge in [-0.05, 0) is 0 Å². The van der Waals surface area contributed by atoms with Crippen LogP contribution >= 0.6 is 0 Å². The first kappa shape index (κ1) is 7.27. The Labute approximate surface area is 82.5 Å². The minimum atomic E-state index is -0.159. The Bertz CT molecular complexity index is 424. The van der Waals surface area contributed by atoms with Crippen molar-refractivity contribution in [1.82, 2.24) is 9.97 Å². The molecule has 60 valence electrons. The van der Waals surface area contributed by atoms with E-state index in [2.05, 4.69) is 22.1 Å². The SMILES string of the molecule is c1cc2[c](cn1)[Ge][c]1cnccc1-2. The van der Waals surface area contributed by atoms with Gasteiger partial charge in [-0.3, -0.25) is 0 Å². The zero-order chi connectivity index (χ0) is 8.67. The quantitative estimate of drug-likeness (QED) is 0.509. The second-order valence-electron chi connectivity index (χ2n) is 2.97. The van der Waals surface area contributed by atoms with Crippen molar-refractivity contribution in [2.24, 2.45) is 0 Å². The summed E-state index contributed by atoms with van der Waals surface area (Å²) in [5.74, 6) is 0. The van der Waals surface area contributed by atoms with Crippen LogP contribution in [0.15, 0.2) is 36.9 Å². The van der Waals surface area contributed by atoms with Gasteiger partial charge in [-0.2, -0.15) is 0 Å². The molecule has 0 saturated carbocycles. The first-order chi connectivity index (χ1) is 6.45. The number of pyridine rings is 2. The van der Waals surface area contributed by atoms with Gasteiger partial charge < -0.3 is 0 Å². The summed E-state index contributed by atoms with van der Waals surface area (Å²) in [5.41, 5.74) is 2.74. The topological polar surface area (TPSA) is 25.8 Å². The summed E-state index contributed by atoms with van der Waals surface area (Å²) in [4.78, 5) is 8.30. The predicted octanol–water partition coefficient (Wildman–Crippen LogP) is 0.112. The van der Waals surface area contributed by atoms with Crippen molar-refractivity contribution in [3.8, 4) is 11.1 Å². The van der Waals surface area contributed by atoms with Crippen LogP contribution in [0.5, 0.6) is 0 Å². The average Bonchev–Trinajstić information content (AvgIpc) is 2.56. The number of hydrogen-bond donors (Lipinski definition) is 0. The fourth-order valence-corrected chi connectivity index (χ4v) is 4.28. The molecule has 0 aliphatic carbocycles. The van der Waals surface area contributed by atoms with E-state index in [-0.39, 0.29) is 15.4 Å². The standard InChI is InChI=1S/C10H6GeN2/c1-3-12-5-9-7(1)8-2-4-13-6-10(8)11-9/h1-6H. The molecule has 0 unspecified atom stereocenters. The molecule has 0 fully saturated rings. The molecular formula is C10H6GeN2. The summed E-state index contributed by atoms with van der Waals surface area (Å²) in [6.45, 7) is 0. The van der Waals surface area contributed by atoms with E-state index in [1.807, 2.05) is 24.8 Å². The molecular weight excluding hydrogens is 221 g/mol. The summed E-state index contributed by atoms with van der Waals surface area (Å²) in [5, 5.41) is 0. The van der Waals surface area contributed by atoms with Crippen molar-refractivity contribution >= 4 is 24.2 Å². The third kappa shape index (κ3) is 1.02. The van der Waals surface area contributed by atoms with Gasteiger partial charge in [0.15, 0.2) is 0 Å². The van der Waals surface area contributed by atoms with Crippen molar-refractivity contribution in [1.29, 1.82) is 0 Å². The van der Waals surface area contributed by atoms with Gasteiger partial charge in [0.2, 0.25) is 0 Å². The summed E-state index contributed by atoms with van der Waals surface area (Å²) in [6.07, 6.45) is 7.71. The fraction of sp³-hybridized carbons (Fsp3) is 0. The molecule has 0 saturated heterocycles. The molecule has 3 heteroatoms. The van der Waals surface area contributed by atoms with Crippen molar-refractivity contribution < 1.29 is 0 Å². The molecule has 2 aromatic rings. The normalized spacial score (nSPS) is 12.3. The van der Waals surface area contributed by atoms with E-state index >= 15 is 0 Å². The predicted molar refractivity (Wildman–Crippen MR) is 52.5 cm³/mol. The maximum atomic E-state index is 4.15. The van der Waals surface area contributed by atoms with E-state index in [0.29, 0.717) is 0 Å². The van der Waals surface area contributed by atoms with E-state index in [1.165, 1.54) is 19.9 Å². The Kier molecular flexibility index (Phi) is 1.49. The van der Waals surface area contributed by atoms with Crippen LogP contribution in [0.25, 0.3) is 11.1 Å².